The first-order valence-corrected chi connectivity index (χ1v) is 6.53. The Kier molecular flexibility index (Phi) is 3.50. The summed E-state index contributed by atoms with van der Waals surface area (Å²) in [7, 11) is 0. The molecule has 0 saturated carbocycles. The lowest BCUT2D eigenvalue weighted by atomic mass is 10.1. The van der Waals surface area contributed by atoms with E-state index in [2.05, 4.69) is 10.1 Å². The Balaban J connectivity index is 1.95. The highest BCUT2D eigenvalue weighted by Gasteiger charge is 2.10. The molecule has 3 aromatic rings. The van der Waals surface area contributed by atoms with Crippen LogP contribution in [-0.2, 0) is 6.54 Å². The van der Waals surface area contributed by atoms with Crippen molar-refractivity contribution in [1.82, 2.24) is 10.1 Å². The third kappa shape index (κ3) is 2.57. The monoisotopic (exact) mass is 285 g/mol. The van der Waals surface area contributed by atoms with Crippen molar-refractivity contribution in [2.75, 3.05) is 0 Å². The first-order valence-electron chi connectivity index (χ1n) is 6.15. The van der Waals surface area contributed by atoms with Gasteiger partial charge in [0.05, 0.1) is 0 Å². The minimum Gasteiger partial charge on any atom is -0.334 e. The van der Waals surface area contributed by atoms with Crippen molar-refractivity contribution in [2.45, 2.75) is 6.54 Å². The molecule has 20 heavy (non-hydrogen) atoms. The van der Waals surface area contributed by atoms with Gasteiger partial charge in [-0.2, -0.15) is 4.98 Å². The SMILES string of the molecule is NCc1cccc(-c2nc(-c3ccc(Cl)cc3)no2)c1. The van der Waals surface area contributed by atoms with E-state index in [0.29, 0.717) is 23.3 Å². The molecule has 0 saturated heterocycles. The van der Waals surface area contributed by atoms with Crippen LogP contribution in [0, 0.1) is 0 Å². The van der Waals surface area contributed by atoms with Gasteiger partial charge in [0.1, 0.15) is 0 Å². The first-order chi connectivity index (χ1) is 9.76. The topological polar surface area (TPSA) is 64.9 Å². The molecule has 0 spiro atoms. The summed E-state index contributed by atoms with van der Waals surface area (Å²) in [6.07, 6.45) is 0. The zero-order valence-electron chi connectivity index (χ0n) is 10.6. The normalized spacial score (nSPS) is 10.7. The summed E-state index contributed by atoms with van der Waals surface area (Å²) in [4.78, 5) is 4.39. The minimum absolute atomic E-state index is 0.477. The molecule has 0 radical (unpaired) electrons. The van der Waals surface area contributed by atoms with E-state index in [1.807, 2.05) is 36.4 Å². The number of hydrogen-bond donors (Lipinski definition) is 1. The smallest absolute Gasteiger partial charge is 0.258 e. The van der Waals surface area contributed by atoms with Crippen LogP contribution >= 0.6 is 11.6 Å². The molecule has 5 heteroatoms. The number of nitrogens with two attached hydrogens (primary N) is 1. The number of benzene rings is 2. The molecule has 0 aliphatic rings. The predicted molar refractivity (Wildman–Crippen MR) is 78.1 cm³/mol. The molecule has 2 aromatic carbocycles. The Labute approximate surface area is 121 Å². The Morgan fingerprint density at radius 1 is 1.05 bits per heavy atom. The molecule has 1 heterocycles. The Bertz CT molecular complexity index is 722. The van der Waals surface area contributed by atoms with Crippen LogP contribution in [0.5, 0.6) is 0 Å². The fourth-order valence-corrected chi connectivity index (χ4v) is 2.01. The van der Waals surface area contributed by atoms with Gasteiger partial charge in [-0.05, 0) is 42.0 Å². The first kappa shape index (κ1) is 12.8. The Morgan fingerprint density at radius 2 is 1.85 bits per heavy atom. The zero-order chi connectivity index (χ0) is 13.9. The second-order valence-corrected chi connectivity index (χ2v) is 4.77. The molecular weight excluding hydrogens is 274 g/mol. The second-order valence-electron chi connectivity index (χ2n) is 4.33. The molecule has 0 unspecified atom stereocenters. The van der Waals surface area contributed by atoms with Crippen LogP contribution < -0.4 is 5.73 Å². The van der Waals surface area contributed by atoms with Crippen molar-refractivity contribution in [3.63, 3.8) is 0 Å². The van der Waals surface area contributed by atoms with E-state index in [1.54, 1.807) is 12.1 Å². The maximum absolute atomic E-state index is 5.86. The molecule has 100 valence electrons. The summed E-state index contributed by atoms with van der Waals surface area (Å²) >= 11 is 5.86. The molecular formula is C15H12ClN3O. The van der Waals surface area contributed by atoms with Crippen LogP contribution in [0.3, 0.4) is 0 Å². The van der Waals surface area contributed by atoms with Crippen molar-refractivity contribution in [1.29, 1.82) is 0 Å². The summed E-state index contributed by atoms with van der Waals surface area (Å²) in [5.41, 5.74) is 8.37. The van der Waals surface area contributed by atoms with Crippen LogP contribution in [0.1, 0.15) is 5.56 Å². The van der Waals surface area contributed by atoms with Gasteiger partial charge in [-0.15, -0.1) is 0 Å². The van der Waals surface area contributed by atoms with Crippen LogP contribution in [0.15, 0.2) is 53.1 Å². The van der Waals surface area contributed by atoms with Crippen molar-refractivity contribution in [3.05, 3.63) is 59.1 Å². The summed E-state index contributed by atoms with van der Waals surface area (Å²) in [6, 6.07) is 15.0. The lowest BCUT2D eigenvalue weighted by Gasteiger charge is -1.98. The molecule has 3 rings (SSSR count). The summed E-state index contributed by atoms with van der Waals surface area (Å²) in [6.45, 7) is 0.478. The Morgan fingerprint density at radius 3 is 2.60 bits per heavy atom. The molecule has 0 aliphatic carbocycles. The largest absolute Gasteiger partial charge is 0.334 e. The van der Waals surface area contributed by atoms with Gasteiger partial charge in [-0.25, -0.2) is 0 Å². The summed E-state index contributed by atoms with van der Waals surface area (Å²) < 4.78 is 5.30. The Hall–Kier alpha value is -2.17. The fourth-order valence-electron chi connectivity index (χ4n) is 1.89. The van der Waals surface area contributed by atoms with E-state index in [-0.39, 0.29) is 0 Å². The number of halogens is 1. The summed E-state index contributed by atoms with van der Waals surface area (Å²) in [5, 5.41) is 4.66. The molecule has 0 fully saturated rings. The maximum Gasteiger partial charge on any atom is 0.258 e. The maximum atomic E-state index is 5.86. The number of nitrogens with zero attached hydrogens (tertiary/aromatic N) is 2. The third-order valence-electron chi connectivity index (χ3n) is 2.94. The van der Waals surface area contributed by atoms with Crippen molar-refractivity contribution < 1.29 is 4.52 Å². The van der Waals surface area contributed by atoms with Crippen molar-refractivity contribution >= 4 is 11.6 Å². The summed E-state index contributed by atoms with van der Waals surface area (Å²) in [5.74, 6) is 1.01. The van der Waals surface area contributed by atoms with Crippen LogP contribution in [0.25, 0.3) is 22.8 Å². The lowest BCUT2D eigenvalue weighted by molar-refractivity contribution is 0.432. The second kappa shape index (κ2) is 5.45. The number of hydrogen-bond acceptors (Lipinski definition) is 4. The van der Waals surface area contributed by atoms with E-state index in [4.69, 9.17) is 21.9 Å². The molecule has 0 amide bonds. The van der Waals surface area contributed by atoms with Gasteiger partial charge in [0.15, 0.2) is 0 Å². The van der Waals surface area contributed by atoms with Crippen molar-refractivity contribution in [2.24, 2.45) is 5.73 Å². The number of aromatic nitrogens is 2. The molecule has 0 atom stereocenters. The van der Waals surface area contributed by atoms with E-state index in [1.165, 1.54) is 0 Å². The van der Waals surface area contributed by atoms with Gasteiger partial charge < -0.3 is 10.3 Å². The zero-order valence-corrected chi connectivity index (χ0v) is 11.3. The lowest BCUT2D eigenvalue weighted by Crippen LogP contribution is -1.95. The van der Waals surface area contributed by atoms with Crippen LogP contribution in [0.4, 0.5) is 0 Å². The number of rotatable bonds is 3. The van der Waals surface area contributed by atoms with E-state index >= 15 is 0 Å². The minimum atomic E-state index is 0.477. The highest BCUT2D eigenvalue weighted by molar-refractivity contribution is 6.30. The molecule has 4 nitrogen and oxygen atoms in total. The average molecular weight is 286 g/mol. The predicted octanol–water partition coefficient (Wildman–Crippen LogP) is 3.52. The van der Waals surface area contributed by atoms with Gasteiger partial charge in [-0.1, -0.05) is 28.9 Å². The average Bonchev–Trinajstić information content (AvgIpc) is 2.98. The molecule has 0 aliphatic heterocycles. The van der Waals surface area contributed by atoms with Gasteiger partial charge in [-0.3, -0.25) is 0 Å². The quantitative estimate of drug-likeness (QED) is 0.800. The highest BCUT2D eigenvalue weighted by atomic mass is 35.5. The van der Waals surface area contributed by atoms with Crippen molar-refractivity contribution in [3.8, 4) is 22.8 Å². The van der Waals surface area contributed by atoms with Gasteiger partial charge in [0.25, 0.3) is 5.89 Å². The van der Waals surface area contributed by atoms with E-state index < -0.39 is 0 Å². The van der Waals surface area contributed by atoms with E-state index in [0.717, 1.165) is 16.7 Å². The molecule has 0 bridgehead atoms. The standard InChI is InChI=1S/C15H12ClN3O/c16-13-6-4-11(5-7-13)14-18-15(20-19-14)12-3-1-2-10(8-12)9-17/h1-8H,9,17H2. The van der Waals surface area contributed by atoms with Gasteiger partial charge in [0, 0.05) is 22.7 Å². The molecule has 1 aromatic heterocycles. The van der Waals surface area contributed by atoms with Gasteiger partial charge in [0.2, 0.25) is 5.82 Å². The van der Waals surface area contributed by atoms with E-state index in [9.17, 15) is 0 Å². The van der Waals surface area contributed by atoms with Gasteiger partial charge >= 0.3 is 0 Å². The van der Waals surface area contributed by atoms with Crippen LogP contribution in [0.2, 0.25) is 5.02 Å². The highest BCUT2D eigenvalue weighted by Crippen LogP contribution is 2.23. The third-order valence-corrected chi connectivity index (χ3v) is 3.19. The molecule has 2 N–H and O–H groups in total. The van der Waals surface area contributed by atoms with Crippen LogP contribution in [-0.4, -0.2) is 10.1 Å². The fraction of sp³-hybridized carbons (Fsp3) is 0.0667.